The molecular formula is C12H21N4P. The Labute approximate surface area is 105 Å². The maximum absolute atomic E-state index is 5.64. The van der Waals surface area contributed by atoms with Crippen LogP contribution in [0.5, 0.6) is 0 Å². The van der Waals surface area contributed by atoms with Crippen molar-refractivity contribution in [1.82, 2.24) is 9.97 Å². The summed E-state index contributed by atoms with van der Waals surface area (Å²) in [6.07, 6.45) is 8.33. The number of aromatic nitrogens is 2. The Balaban J connectivity index is 1.95. The topological polar surface area (TPSA) is 63.8 Å². The van der Waals surface area contributed by atoms with Crippen LogP contribution in [0.15, 0.2) is 6.20 Å². The van der Waals surface area contributed by atoms with Crippen molar-refractivity contribution in [2.75, 3.05) is 23.8 Å². The van der Waals surface area contributed by atoms with Gasteiger partial charge in [-0.25, -0.2) is 4.98 Å². The molecule has 0 radical (unpaired) electrons. The third-order valence-electron chi connectivity index (χ3n) is 2.91. The van der Waals surface area contributed by atoms with Gasteiger partial charge < -0.3 is 11.1 Å². The summed E-state index contributed by atoms with van der Waals surface area (Å²) in [6.45, 7) is 3.15. The first-order chi connectivity index (χ1) is 8.29. The molecule has 0 bridgehead atoms. The molecule has 3 N–H and O–H groups in total. The van der Waals surface area contributed by atoms with Crippen LogP contribution in [0, 0.1) is 5.92 Å². The van der Waals surface area contributed by atoms with E-state index in [-0.39, 0.29) is 0 Å². The Kier molecular flexibility index (Phi) is 4.55. The van der Waals surface area contributed by atoms with Gasteiger partial charge in [0.2, 0.25) is 5.95 Å². The predicted octanol–water partition coefficient (Wildman–Crippen LogP) is 1.98. The van der Waals surface area contributed by atoms with Crippen LogP contribution in [0.2, 0.25) is 0 Å². The van der Waals surface area contributed by atoms with Gasteiger partial charge in [-0.2, -0.15) is 4.98 Å². The van der Waals surface area contributed by atoms with Crippen molar-refractivity contribution in [3.63, 3.8) is 0 Å². The second-order valence-corrected chi connectivity index (χ2v) is 5.90. The third kappa shape index (κ3) is 4.12. The highest BCUT2D eigenvalue weighted by molar-refractivity contribution is 7.47. The monoisotopic (exact) mass is 252 g/mol. The van der Waals surface area contributed by atoms with E-state index < -0.39 is 0 Å². The van der Waals surface area contributed by atoms with E-state index in [1.807, 2.05) is 6.20 Å². The molecule has 1 fully saturated rings. The first-order valence-corrected chi connectivity index (χ1v) is 7.60. The van der Waals surface area contributed by atoms with Crippen molar-refractivity contribution >= 4 is 25.7 Å². The van der Waals surface area contributed by atoms with Crippen molar-refractivity contribution in [2.24, 2.45) is 5.92 Å². The lowest BCUT2D eigenvalue weighted by molar-refractivity contribution is 0.831. The fourth-order valence-corrected chi connectivity index (χ4v) is 3.00. The molecule has 0 amide bonds. The first kappa shape index (κ1) is 12.6. The largest absolute Gasteiger partial charge is 0.369 e. The maximum atomic E-state index is 5.64. The summed E-state index contributed by atoms with van der Waals surface area (Å²) < 4.78 is 0. The number of hydrogen-bond acceptors (Lipinski definition) is 4. The van der Waals surface area contributed by atoms with E-state index in [0.717, 1.165) is 33.3 Å². The molecule has 94 valence electrons. The molecule has 1 aliphatic carbocycles. The highest BCUT2D eigenvalue weighted by atomic mass is 31.1. The molecule has 0 aromatic carbocycles. The maximum Gasteiger partial charge on any atom is 0.221 e. The average molecular weight is 252 g/mol. The number of anilines is 2. The van der Waals surface area contributed by atoms with E-state index in [1.165, 1.54) is 30.7 Å². The van der Waals surface area contributed by atoms with E-state index in [1.54, 1.807) is 0 Å². The van der Waals surface area contributed by atoms with Crippen LogP contribution in [-0.4, -0.2) is 22.7 Å². The summed E-state index contributed by atoms with van der Waals surface area (Å²) in [6, 6.07) is 0. The molecule has 0 spiro atoms. The number of hydrogen-bond donors (Lipinski definition) is 2. The zero-order valence-corrected chi connectivity index (χ0v) is 11.4. The summed E-state index contributed by atoms with van der Waals surface area (Å²) in [4.78, 5) is 8.41. The number of nitrogens with two attached hydrogens (primary N) is 1. The Morgan fingerprint density at radius 2 is 2.35 bits per heavy atom. The zero-order valence-electron chi connectivity index (χ0n) is 10.4. The molecule has 1 aromatic rings. The summed E-state index contributed by atoms with van der Waals surface area (Å²) in [5.74, 6) is 2.27. The van der Waals surface area contributed by atoms with Gasteiger partial charge in [0.05, 0.1) is 0 Å². The predicted molar refractivity (Wildman–Crippen MR) is 75.4 cm³/mol. The van der Waals surface area contributed by atoms with Gasteiger partial charge in [-0.15, -0.1) is 0 Å². The Morgan fingerprint density at radius 1 is 1.53 bits per heavy atom. The van der Waals surface area contributed by atoms with Crippen molar-refractivity contribution in [3.8, 4) is 0 Å². The third-order valence-corrected chi connectivity index (χ3v) is 4.44. The Hall–Kier alpha value is -0.890. The van der Waals surface area contributed by atoms with Crippen LogP contribution >= 0.6 is 8.58 Å². The van der Waals surface area contributed by atoms with Crippen LogP contribution in [0.25, 0.3) is 0 Å². The molecule has 17 heavy (non-hydrogen) atoms. The van der Waals surface area contributed by atoms with Crippen molar-refractivity contribution in [2.45, 2.75) is 32.6 Å². The highest BCUT2D eigenvalue weighted by Crippen LogP contribution is 2.35. The molecular weight excluding hydrogens is 231 g/mol. The minimum Gasteiger partial charge on any atom is -0.369 e. The fourth-order valence-electron chi connectivity index (χ4n) is 1.62. The number of nitrogen functional groups attached to an aromatic ring is 1. The minimum atomic E-state index is 0.365. The van der Waals surface area contributed by atoms with Gasteiger partial charge in [-0.3, -0.25) is 0 Å². The molecule has 4 nitrogen and oxygen atoms in total. The van der Waals surface area contributed by atoms with Gasteiger partial charge in [0, 0.05) is 18.0 Å². The average Bonchev–Trinajstić information content (AvgIpc) is 3.12. The highest BCUT2D eigenvalue weighted by Gasteiger charge is 2.21. The number of nitrogens with zero attached hydrogens (tertiary/aromatic N) is 2. The Morgan fingerprint density at radius 3 is 3.06 bits per heavy atom. The van der Waals surface area contributed by atoms with E-state index in [2.05, 4.69) is 22.2 Å². The summed E-state index contributed by atoms with van der Waals surface area (Å²) in [5, 5.41) is 4.61. The summed E-state index contributed by atoms with van der Waals surface area (Å²) in [7, 11) is 0.811. The fraction of sp³-hybridized carbons (Fsp3) is 0.667. The number of nitrogens with one attached hydrogen (secondary N) is 1. The van der Waals surface area contributed by atoms with Crippen LogP contribution in [-0.2, 0) is 0 Å². The lowest BCUT2D eigenvalue weighted by atomic mass is 10.3. The molecule has 1 aliphatic rings. The number of rotatable bonds is 7. The molecule has 5 heteroatoms. The molecule has 0 aliphatic heterocycles. The summed E-state index contributed by atoms with van der Waals surface area (Å²) >= 11 is 0. The van der Waals surface area contributed by atoms with E-state index >= 15 is 0 Å². The summed E-state index contributed by atoms with van der Waals surface area (Å²) in [5.41, 5.74) is 5.64. The van der Waals surface area contributed by atoms with Crippen LogP contribution in [0.4, 0.5) is 11.8 Å². The van der Waals surface area contributed by atoms with Gasteiger partial charge in [0.15, 0.2) is 0 Å². The first-order valence-electron chi connectivity index (χ1n) is 6.40. The van der Waals surface area contributed by atoms with Gasteiger partial charge in [-0.05, 0) is 31.3 Å². The normalized spacial score (nSPS) is 15.6. The molecule has 1 aromatic heterocycles. The van der Waals surface area contributed by atoms with Crippen LogP contribution in [0.3, 0.4) is 0 Å². The van der Waals surface area contributed by atoms with E-state index in [4.69, 9.17) is 5.73 Å². The quantitative estimate of drug-likeness (QED) is 0.575. The van der Waals surface area contributed by atoms with E-state index in [0.29, 0.717) is 5.95 Å². The van der Waals surface area contributed by atoms with E-state index in [9.17, 15) is 0 Å². The standard InChI is InChI=1S/C12H21N4P/c1-2-3-6-14-11-10(7-15-12(13)16-11)17-8-9-4-5-9/h7,9,17H,2-6,8H2,1H3,(H3,13,14,15,16). The molecule has 1 unspecified atom stereocenters. The van der Waals surface area contributed by atoms with Gasteiger partial charge >= 0.3 is 0 Å². The van der Waals surface area contributed by atoms with Crippen molar-refractivity contribution in [1.29, 1.82) is 0 Å². The van der Waals surface area contributed by atoms with Crippen molar-refractivity contribution in [3.05, 3.63) is 6.20 Å². The molecule has 1 atom stereocenters. The lowest BCUT2D eigenvalue weighted by Gasteiger charge is -2.10. The van der Waals surface area contributed by atoms with Gasteiger partial charge in [-0.1, -0.05) is 21.9 Å². The molecule has 0 saturated heterocycles. The van der Waals surface area contributed by atoms with Gasteiger partial charge in [0.25, 0.3) is 0 Å². The van der Waals surface area contributed by atoms with Crippen LogP contribution in [0.1, 0.15) is 32.6 Å². The molecule has 1 heterocycles. The SMILES string of the molecule is CCCCNc1nc(N)ncc1PCC1CC1. The number of unbranched alkanes of at least 4 members (excludes halogenated alkanes) is 1. The smallest absolute Gasteiger partial charge is 0.221 e. The lowest BCUT2D eigenvalue weighted by Crippen LogP contribution is -2.14. The molecule has 2 rings (SSSR count). The van der Waals surface area contributed by atoms with Gasteiger partial charge in [0.1, 0.15) is 5.82 Å². The second kappa shape index (κ2) is 6.15. The van der Waals surface area contributed by atoms with Crippen LogP contribution < -0.4 is 16.4 Å². The second-order valence-electron chi connectivity index (χ2n) is 4.60. The molecule has 1 saturated carbocycles. The minimum absolute atomic E-state index is 0.365. The van der Waals surface area contributed by atoms with Crippen molar-refractivity contribution < 1.29 is 0 Å². The zero-order chi connectivity index (χ0) is 12.1. The Bertz CT molecular complexity index is 366.